The van der Waals surface area contributed by atoms with E-state index in [0.29, 0.717) is 24.3 Å². The maximum Gasteiger partial charge on any atom is 0.256 e. The first-order valence-electron chi connectivity index (χ1n) is 12.5. The van der Waals surface area contributed by atoms with Crippen LogP contribution in [-0.2, 0) is 9.59 Å². The van der Waals surface area contributed by atoms with E-state index in [-0.39, 0.29) is 17.6 Å². The quantitative estimate of drug-likeness (QED) is 0.711. The molecule has 6 heteroatoms. The number of likely N-dealkylation sites (tertiary alicyclic amines) is 1. The molecule has 3 fully saturated rings. The number of hydrogen-bond donors (Lipinski definition) is 1. The summed E-state index contributed by atoms with van der Waals surface area (Å²) in [6.07, 6.45) is 4.76. The minimum absolute atomic E-state index is 0.135. The second-order valence-corrected chi connectivity index (χ2v) is 10.6. The van der Waals surface area contributed by atoms with Crippen molar-refractivity contribution in [3.63, 3.8) is 0 Å². The molecule has 1 saturated heterocycles. The number of amides is 2. The van der Waals surface area contributed by atoms with Crippen LogP contribution in [0, 0.1) is 17.8 Å². The van der Waals surface area contributed by atoms with Crippen molar-refractivity contribution in [1.82, 2.24) is 9.80 Å². The van der Waals surface area contributed by atoms with Crippen LogP contribution in [0.15, 0.2) is 53.5 Å². The van der Waals surface area contributed by atoms with Crippen molar-refractivity contribution in [2.75, 3.05) is 19.6 Å². The molecule has 1 N–H and O–H groups in total. The molecule has 2 unspecified atom stereocenters. The van der Waals surface area contributed by atoms with Gasteiger partial charge in [0, 0.05) is 31.1 Å². The van der Waals surface area contributed by atoms with Gasteiger partial charge in [-0.2, -0.15) is 0 Å². The van der Waals surface area contributed by atoms with Crippen LogP contribution >= 0.6 is 0 Å². The third kappa shape index (κ3) is 3.79. The second kappa shape index (κ2) is 7.97. The maximum atomic E-state index is 13.3. The van der Waals surface area contributed by atoms with E-state index in [9.17, 15) is 14.7 Å². The molecular weight excluding hydrogens is 426 g/mol. The van der Waals surface area contributed by atoms with Crippen molar-refractivity contribution in [3.8, 4) is 16.9 Å². The molecule has 0 bridgehead atoms. The van der Waals surface area contributed by atoms with Gasteiger partial charge in [0.15, 0.2) is 0 Å². The van der Waals surface area contributed by atoms with Crippen LogP contribution in [0.3, 0.4) is 0 Å². The monoisotopic (exact) mass is 457 g/mol. The fraction of sp³-hybridized carbons (Fsp3) is 0.464. The fourth-order valence-corrected chi connectivity index (χ4v) is 5.47. The molecule has 2 aromatic rings. The van der Waals surface area contributed by atoms with E-state index in [1.165, 1.54) is 0 Å². The van der Waals surface area contributed by atoms with Crippen LogP contribution in [0.4, 0.5) is 0 Å². The molecule has 2 aliphatic carbocycles. The summed E-state index contributed by atoms with van der Waals surface area (Å²) in [5, 5.41) is 9.80. The Bertz CT molecular complexity index is 1160. The second-order valence-electron chi connectivity index (χ2n) is 10.6. The lowest BCUT2D eigenvalue weighted by Crippen LogP contribution is -2.41. The summed E-state index contributed by atoms with van der Waals surface area (Å²) in [5.41, 5.74) is 2.37. The van der Waals surface area contributed by atoms with E-state index in [4.69, 9.17) is 4.99 Å². The van der Waals surface area contributed by atoms with Crippen LogP contribution in [0.2, 0.25) is 0 Å². The summed E-state index contributed by atoms with van der Waals surface area (Å²) in [6, 6.07) is 15.3. The SMILES string of the molecule is CC(CN1C(=O)C2(CC2)N=C1c1ccc(-c2cccc(O)c2)cc1)C1CCN(C(=O)C2CC2)C1. The van der Waals surface area contributed by atoms with E-state index < -0.39 is 5.54 Å². The highest BCUT2D eigenvalue weighted by atomic mass is 16.3. The number of aromatic hydroxyl groups is 1. The molecule has 0 radical (unpaired) electrons. The third-order valence-corrected chi connectivity index (χ3v) is 8.00. The smallest absolute Gasteiger partial charge is 0.256 e. The summed E-state index contributed by atoms with van der Waals surface area (Å²) >= 11 is 0. The van der Waals surface area contributed by atoms with Crippen molar-refractivity contribution in [2.24, 2.45) is 22.7 Å². The molecule has 34 heavy (non-hydrogen) atoms. The van der Waals surface area contributed by atoms with Crippen LogP contribution < -0.4 is 0 Å². The zero-order valence-electron chi connectivity index (χ0n) is 19.6. The number of phenolic OH excluding ortho intramolecular Hbond substituents is 1. The zero-order valence-corrected chi connectivity index (χ0v) is 19.6. The Kier molecular flexibility index (Phi) is 5.01. The summed E-state index contributed by atoms with van der Waals surface area (Å²) in [4.78, 5) is 34.7. The van der Waals surface area contributed by atoms with Crippen molar-refractivity contribution in [1.29, 1.82) is 0 Å². The number of hydrogen-bond acceptors (Lipinski definition) is 4. The van der Waals surface area contributed by atoms with Gasteiger partial charge in [-0.3, -0.25) is 19.5 Å². The van der Waals surface area contributed by atoms with Gasteiger partial charge >= 0.3 is 0 Å². The Morgan fingerprint density at radius 1 is 1.09 bits per heavy atom. The van der Waals surface area contributed by atoms with Crippen LogP contribution in [-0.4, -0.2) is 57.7 Å². The topological polar surface area (TPSA) is 73.2 Å². The highest BCUT2D eigenvalue weighted by molar-refractivity contribution is 6.16. The Hall–Kier alpha value is -3.15. The average molecular weight is 458 g/mol. The molecule has 2 aliphatic heterocycles. The zero-order chi connectivity index (χ0) is 23.4. The molecule has 0 aromatic heterocycles. The number of rotatable bonds is 6. The summed E-state index contributed by atoms with van der Waals surface area (Å²) in [7, 11) is 0. The summed E-state index contributed by atoms with van der Waals surface area (Å²) in [6.45, 7) is 4.52. The third-order valence-electron chi connectivity index (χ3n) is 8.00. The largest absolute Gasteiger partial charge is 0.508 e. The normalized spacial score (nSPS) is 24.0. The van der Waals surface area contributed by atoms with Crippen LogP contribution in [0.25, 0.3) is 11.1 Å². The van der Waals surface area contributed by atoms with E-state index in [2.05, 4.69) is 6.92 Å². The fourth-order valence-electron chi connectivity index (χ4n) is 5.47. The van der Waals surface area contributed by atoms with Gasteiger partial charge in [0.05, 0.1) is 0 Å². The van der Waals surface area contributed by atoms with E-state index in [1.807, 2.05) is 46.2 Å². The van der Waals surface area contributed by atoms with Gasteiger partial charge in [-0.25, -0.2) is 0 Å². The number of benzene rings is 2. The lowest BCUT2D eigenvalue weighted by molar-refractivity contribution is -0.132. The first-order valence-corrected chi connectivity index (χ1v) is 12.5. The molecule has 6 nitrogen and oxygen atoms in total. The minimum atomic E-state index is -0.539. The van der Waals surface area contributed by atoms with Gasteiger partial charge in [0.2, 0.25) is 5.91 Å². The van der Waals surface area contributed by atoms with Gasteiger partial charge in [0.25, 0.3) is 5.91 Å². The molecule has 1 spiro atoms. The number of phenols is 1. The lowest BCUT2D eigenvalue weighted by atomic mass is 9.92. The summed E-state index contributed by atoms with van der Waals surface area (Å²) in [5.74, 6) is 2.47. The molecule has 176 valence electrons. The molecule has 4 aliphatic rings. The summed E-state index contributed by atoms with van der Waals surface area (Å²) < 4.78 is 0. The number of aliphatic imine (C=N–C) groups is 1. The predicted octanol–water partition coefficient (Wildman–Crippen LogP) is 4.08. The van der Waals surface area contributed by atoms with Gasteiger partial charge in [0.1, 0.15) is 17.1 Å². The van der Waals surface area contributed by atoms with E-state index in [1.54, 1.807) is 12.1 Å². The van der Waals surface area contributed by atoms with Crippen molar-refractivity contribution < 1.29 is 14.7 Å². The van der Waals surface area contributed by atoms with Gasteiger partial charge in [-0.1, -0.05) is 43.3 Å². The minimum Gasteiger partial charge on any atom is -0.508 e. The standard InChI is InChI=1S/C28H31N3O3/c1-18(23-11-14-30(17-23)26(33)21-9-10-21)16-31-25(29-28(12-13-28)27(31)34)20-7-5-19(6-8-20)22-3-2-4-24(32)15-22/h2-8,15,18,21,23,32H,9-14,16-17H2,1H3. The highest BCUT2D eigenvalue weighted by Gasteiger charge is 2.57. The number of carbonyl (C=O) groups is 2. The van der Waals surface area contributed by atoms with Gasteiger partial charge < -0.3 is 10.0 Å². The molecule has 2 atom stereocenters. The Morgan fingerprint density at radius 2 is 1.82 bits per heavy atom. The van der Waals surface area contributed by atoms with Crippen LogP contribution in [0.5, 0.6) is 5.75 Å². The molecule has 2 aromatic carbocycles. The van der Waals surface area contributed by atoms with Crippen LogP contribution in [0.1, 0.15) is 44.6 Å². The average Bonchev–Trinajstić information content (AvgIpc) is 3.76. The number of nitrogens with zero attached hydrogens (tertiary/aromatic N) is 3. The predicted molar refractivity (Wildman–Crippen MR) is 130 cm³/mol. The molecule has 2 amide bonds. The maximum absolute atomic E-state index is 13.3. The molecule has 2 heterocycles. The molecular formula is C28H31N3O3. The number of amidine groups is 1. The van der Waals surface area contributed by atoms with E-state index in [0.717, 1.165) is 67.7 Å². The van der Waals surface area contributed by atoms with Gasteiger partial charge in [-0.15, -0.1) is 0 Å². The van der Waals surface area contributed by atoms with Crippen molar-refractivity contribution in [2.45, 2.75) is 44.6 Å². The first kappa shape index (κ1) is 21.4. The Balaban J connectivity index is 1.19. The number of carbonyl (C=O) groups excluding carboxylic acids is 2. The van der Waals surface area contributed by atoms with Crippen molar-refractivity contribution in [3.05, 3.63) is 54.1 Å². The van der Waals surface area contributed by atoms with E-state index >= 15 is 0 Å². The Labute approximate surface area is 200 Å². The van der Waals surface area contributed by atoms with Gasteiger partial charge in [-0.05, 0) is 67.2 Å². The molecule has 6 rings (SSSR count). The Morgan fingerprint density at radius 3 is 2.50 bits per heavy atom. The lowest BCUT2D eigenvalue weighted by Gasteiger charge is -2.27. The van der Waals surface area contributed by atoms with Crippen molar-refractivity contribution >= 4 is 17.6 Å². The first-order chi connectivity index (χ1) is 16.4. The molecule has 2 saturated carbocycles. The highest BCUT2D eigenvalue weighted by Crippen LogP contribution is 2.46.